The van der Waals surface area contributed by atoms with Crippen LogP contribution in [0.3, 0.4) is 0 Å². The number of amides is 2. The summed E-state index contributed by atoms with van der Waals surface area (Å²) in [6, 6.07) is 6.67. The van der Waals surface area contributed by atoms with Crippen molar-refractivity contribution in [2.45, 2.75) is 51.7 Å². The van der Waals surface area contributed by atoms with Gasteiger partial charge in [0.1, 0.15) is 5.75 Å². The van der Waals surface area contributed by atoms with Gasteiger partial charge in [-0.25, -0.2) is 9.59 Å². The Bertz CT molecular complexity index is 692. The molecule has 0 aromatic heterocycles. The fraction of sp³-hybridized carbons (Fsp3) is 0.474. The van der Waals surface area contributed by atoms with Gasteiger partial charge in [-0.1, -0.05) is 12.1 Å². The molecule has 1 saturated carbocycles. The van der Waals surface area contributed by atoms with E-state index in [4.69, 9.17) is 9.47 Å². The highest BCUT2D eigenvalue weighted by Gasteiger charge is 2.32. The van der Waals surface area contributed by atoms with Gasteiger partial charge in [-0.2, -0.15) is 0 Å². The molecule has 1 fully saturated rings. The van der Waals surface area contributed by atoms with Gasteiger partial charge in [0, 0.05) is 5.70 Å². The number of carbonyl (C=O) groups excluding carboxylic acids is 2. The molecule has 0 bridgehead atoms. The van der Waals surface area contributed by atoms with Crippen molar-refractivity contribution in [3.8, 4) is 5.75 Å². The minimum atomic E-state index is -0.556. The summed E-state index contributed by atoms with van der Waals surface area (Å²) >= 11 is 0. The van der Waals surface area contributed by atoms with Crippen LogP contribution < -0.4 is 15.4 Å². The van der Waals surface area contributed by atoms with E-state index in [1.807, 2.05) is 24.3 Å². The summed E-state index contributed by atoms with van der Waals surface area (Å²) in [4.78, 5) is 24.3. The van der Waals surface area contributed by atoms with Crippen LogP contribution in [0.4, 0.5) is 4.79 Å². The number of allylic oxidation sites excluding steroid dienone is 1. The van der Waals surface area contributed by atoms with Crippen LogP contribution in [-0.2, 0) is 9.53 Å². The van der Waals surface area contributed by atoms with Crippen molar-refractivity contribution in [3.05, 3.63) is 41.1 Å². The second-order valence-corrected chi connectivity index (χ2v) is 6.39. The molecule has 1 aromatic carbocycles. The Balaban J connectivity index is 1.88. The lowest BCUT2D eigenvalue weighted by molar-refractivity contribution is -0.139. The van der Waals surface area contributed by atoms with Crippen LogP contribution in [0.2, 0.25) is 0 Å². The molecule has 6 nitrogen and oxygen atoms in total. The zero-order chi connectivity index (χ0) is 17.8. The molecule has 1 heterocycles. The maximum atomic E-state index is 12.4. The van der Waals surface area contributed by atoms with Gasteiger partial charge in [0.15, 0.2) is 0 Å². The molecule has 6 heteroatoms. The maximum absolute atomic E-state index is 12.4. The number of benzene rings is 1. The van der Waals surface area contributed by atoms with Gasteiger partial charge < -0.3 is 20.1 Å². The molecule has 2 aliphatic rings. The van der Waals surface area contributed by atoms with Crippen molar-refractivity contribution in [2.75, 3.05) is 6.61 Å². The van der Waals surface area contributed by atoms with Crippen molar-refractivity contribution < 1.29 is 19.1 Å². The number of rotatable bonds is 5. The fourth-order valence-corrected chi connectivity index (χ4v) is 3.39. The maximum Gasteiger partial charge on any atom is 0.338 e. The Labute approximate surface area is 147 Å². The molecule has 0 spiro atoms. The highest BCUT2D eigenvalue weighted by atomic mass is 16.5. The first kappa shape index (κ1) is 17.3. The predicted octanol–water partition coefficient (Wildman–Crippen LogP) is 3.20. The molecule has 1 atom stereocenters. The lowest BCUT2D eigenvalue weighted by Crippen LogP contribution is -2.45. The largest absolute Gasteiger partial charge is 0.490 e. The van der Waals surface area contributed by atoms with Gasteiger partial charge in [0.05, 0.1) is 24.3 Å². The summed E-state index contributed by atoms with van der Waals surface area (Å²) in [5, 5.41) is 5.45. The number of urea groups is 1. The Hall–Kier alpha value is -2.50. The van der Waals surface area contributed by atoms with Crippen LogP contribution in [0.5, 0.6) is 5.75 Å². The van der Waals surface area contributed by atoms with E-state index >= 15 is 0 Å². The quantitative estimate of drug-likeness (QED) is 0.804. The second-order valence-electron chi connectivity index (χ2n) is 6.39. The van der Waals surface area contributed by atoms with E-state index in [0.717, 1.165) is 24.2 Å². The number of hydrogen-bond donors (Lipinski definition) is 2. The third-order valence-electron chi connectivity index (χ3n) is 4.56. The molecule has 25 heavy (non-hydrogen) atoms. The molecule has 134 valence electrons. The molecule has 1 aliphatic heterocycles. The molecule has 0 radical (unpaired) electrons. The molecule has 0 saturated heterocycles. The van der Waals surface area contributed by atoms with Crippen molar-refractivity contribution in [3.63, 3.8) is 0 Å². The topological polar surface area (TPSA) is 76.7 Å². The Morgan fingerprint density at radius 3 is 2.76 bits per heavy atom. The van der Waals surface area contributed by atoms with Crippen LogP contribution in [0.15, 0.2) is 35.5 Å². The molecule has 2 N–H and O–H groups in total. The average molecular weight is 344 g/mol. The first-order valence-corrected chi connectivity index (χ1v) is 8.80. The minimum Gasteiger partial charge on any atom is -0.490 e. The molecular formula is C19H24N2O4. The Morgan fingerprint density at radius 1 is 1.28 bits per heavy atom. The minimum absolute atomic E-state index is 0.250. The summed E-state index contributed by atoms with van der Waals surface area (Å²) in [6.07, 6.45) is 4.79. The molecule has 2 amide bonds. The van der Waals surface area contributed by atoms with E-state index in [2.05, 4.69) is 10.6 Å². The highest BCUT2D eigenvalue weighted by molar-refractivity contribution is 5.95. The molecule has 3 rings (SSSR count). The summed E-state index contributed by atoms with van der Waals surface area (Å²) in [6.45, 7) is 3.74. The molecule has 1 aromatic rings. The zero-order valence-electron chi connectivity index (χ0n) is 14.6. The SMILES string of the molecule is CCOC(=O)C1=C(C)NC(=O)N[C@@H]1c1cccc(OC2CCCC2)c1. The third kappa shape index (κ3) is 3.95. The predicted molar refractivity (Wildman–Crippen MR) is 93.1 cm³/mol. The summed E-state index contributed by atoms with van der Waals surface area (Å²) in [5.41, 5.74) is 1.72. The van der Waals surface area contributed by atoms with E-state index in [0.29, 0.717) is 11.3 Å². The number of ether oxygens (including phenoxy) is 2. The van der Waals surface area contributed by atoms with Crippen molar-refractivity contribution in [1.82, 2.24) is 10.6 Å². The zero-order valence-corrected chi connectivity index (χ0v) is 14.6. The van der Waals surface area contributed by atoms with Gasteiger partial charge in [-0.3, -0.25) is 0 Å². The fourth-order valence-electron chi connectivity index (χ4n) is 3.39. The van der Waals surface area contributed by atoms with Gasteiger partial charge in [-0.05, 0) is 57.2 Å². The number of nitrogens with one attached hydrogen (secondary N) is 2. The first-order valence-electron chi connectivity index (χ1n) is 8.80. The Kier molecular flexibility index (Phi) is 5.26. The summed E-state index contributed by atoms with van der Waals surface area (Å²) < 4.78 is 11.2. The van der Waals surface area contributed by atoms with E-state index in [1.165, 1.54) is 12.8 Å². The van der Waals surface area contributed by atoms with Gasteiger partial charge in [-0.15, -0.1) is 0 Å². The summed E-state index contributed by atoms with van der Waals surface area (Å²) in [5.74, 6) is 0.331. The van der Waals surface area contributed by atoms with Crippen LogP contribution in [0, 0.1) is 0 Å². The normalized spacial score (nSPS) is 20.9. The smallest absolute Gasteiger partial charge is 0.338 e. The number of hydrogen-bond acceptors (Lipinski definition) is 4. The van der Waals surface area contributed by atoms with Gasteiger partial charge in [0.25, 0.3) is 0 Å². The average Bonchev–Trinajstić information content (AvgIpc) is 3.07. The van der Waals surface area contributed by atoms with Crippen molar-refractivity contribution in [2.24, 2.45) is 0 Å². The van der Waals surface area contributed by atoms with Gasteiger partial charge >= 0.3 is 12.0 Å². The number of esters is 1. The lowest BCUT2D eigenvalue weighted by atomic mass is 9.95. The van der Waals surface area contributed by atoms with E-state index in [-0.39, 0.29) is 18.7 Å². The number of carbonyl (C=O) groups is 2. The highest BCUT2D eigenvalue weighted by Crippen LogP contribution is 2.31. The summed E-state index contributed by atoms with van der Waals surface area (Å²) in [7, 11) is 0. The van der Waals surface area contributed by atoms with Crippen LogP contribution in [-0.4, -0.2) is 24.7 Å². The van der Waals surface area contributed by atoms with E-state index in [9.17, 15) is 9.59 Å². The van der Waals surface area contributed by atoms with Crippen LogP contribution >= 0.6 is 0 Å². The van der Waals surface area contributed by atoms with Gasteiger partial charge in [0.2, 0.25) is 0 Å². The van der Waals surface area contributed by atoms with Crippen molar-refractivity contribution >= 4 is 12.0 Å². The monoisotopic (exact) mass is 344 g/mol. The van der Waals surface area contributed by atoms with E-state index in [1.54, 1.807) is 13.8 Å². The standard InChI is InChI=1S/C19H24N2O4/c1-3-24-18(22)16-12(2)20-19(23)21-17(16)13-7-6-10-15(11-13)25-14-8-4-5-9-14/h6-7,10-11,14,17H,3-5,8-9H2,1-2H3,(H2,20,21,23)/t17-/m1/s1. The molecule has 1 aliphatic carbocycles. The van der Waals surface area contributed by atoms with Crippen molar-refractivity contribution in [1.29, 1.82) is 0 Å². The Morgan fingerprint density at radius 2 is 2.04 bits per heavy atom. The second kappa shape index (κ2) is 7.59. The third-order valence-corrected chi connectivity index (χ3v) is 4.56. The molecular weight excluding hydrogens is 320 g/mol. The van der Waals surface area contributed by atoms with Crippen LogP contribution in [0.1, 0.15) is 51.1 Å². The molecule has 0 unspecified atom stereocenters. The van der Waals surface area contributed by atoms with Crippen LogP contribution in [0.25, 0.3) is 0 Å². The van der Waals surface area contributed by atoms with E-state index < -0.39 is 12.0 Å². The lowest BCUT2D eigenvalue weighted by Gasteiger charge is -2.28. The first-order chi connectivity index (χ1) is 12.1.